The third-order valence-corrected chi connectivity index (χ3v) is 16.8. The highest BCUT2D eigenvalue weighted by atomic mass is 16.8. The highest BCUT2D eigenvalue weighted by Gasteiger charge is 2.57. The average Bonchev–Trinajstić information content (AvgIpc) is 0.779. The molecule has 18 nitrogen and oxygen atoms in total. The molecule has 0 aliphatic carbocycles. The third kappa shape index (κ3) is 20.8. The third-order valence-electron chi connectivity index (χ3n) is 16.8. The lowest BCUT2D eigenvalue weighted by atomic mass is 9.95. The van der Waals surface area contributed by atoms with Gasteiger partial charge in [0.1, 0.15) is 61.0 Å². The molecule has 8 aromatic carbocycles. The molecule has 3 saturated heterocycles. The van der Waals surface area contributed by atoms with Gasteiger partial charge in [-0.3, -0.25) is 9.59 Å². The summed E-state index contributed by atoms with van der Waals surface area (Å²) in [5.41, 5.74) is 7.09. The summed E-state index contributed by atoms with van der Waals surface area (Å²) in [7, 11) is 1.52. The minimum absolute atomic E-state index is 0.00972. The van der Waals surface area contributed by atoms with Gasteiger partial charge < -0.3 is 75.8 Å². The van der Waals surface area contributed by atoms with Crippen LogP contribution in [0.3, 0.4) is 0 Å². The molecule has 0 saturated carbocycles. The molecule has 3 heterocycles. The zero-order chi connectivity index (χ0) is 66.8. The Balaban J connectivity index is 0.987. The lowest BCUT2D eigenvalue weighted by Crippen LogP contribution is -2.67. The molecule has 510 valence electrons. The lowest BCUT2D eigenvalue weighted by molar-refractivity contribution is -0.378. The number of ether oxygens (including phenoxy) is 16. The molecule has 0 amide bonds. The van der Waals surface area contributed by atoms with E-state index in [1.54, 1.807) is 0 Å². The molecule has 15 atom stereocenters. The van der Waals surface area contributed by atoms with Crippen molar-refractivity contribution in [2.24, 2.45) is 0 Å². The quantitative estimate of drug-likeness (QED) is 0.0347. The van der Waals surface area contributed by atoms with Crippen molar-refractivity contribution in [3.05, 3.63) is 287 Å². The van der Waals surface area contributed by atoms with Crippen molar-refractivity contribution >= 4 is 11.9 Å². The second-order valence-corrected chi connectivity index (χ2v) is 24.0. The van der Waals surface area contributed by atoms with Crippen LogP contribution in [0.25, 0.3) is 0 Å². The van der Waals surface area contributed by atoms with Gasteiger partial charge >= 0.3 is 11.9 Å². The van der Waals surface area contributed by atoms with Crippen LogP contribution < -0.4 is 0 Å². The van der Waals surface area contributed by atoms with Gasteiger partial charge in [0.05, 0.1) is 72.7 Å². The number of methoxy groups -OCH3 is 1. The first-order valence-corrected chi connectivity index (χ1v) is 33.0. The van der Waals surface area contributed by atoms with Crippen molar-refractivity contribution in [1.29, 1.82) is 0 Å². The Hall–Kier alpha value is -7.86. The van der Waals surface area contributed by atoms with Crippen LogP contribution in [0.5, 0.6) is 0 Å². The van der Waals surface area contributed by atoms with Crippen LogP contribution in [0.2, 0.25) is 0 Å². The van der Waals surface area contributed by atoms with Gasteiger partial charge in [-0.15, -0.1) is 0 Å². The minimum Gasteiger partial charge on any atom is -0.454 e. The average molecular weight is 1320 g/mol. The first-order valence-electron chi connectivity index (χ1n) is 33.0. The molecule has 0 spiro atoms. The molecule has 3 aliphatic rings. The van der Waals surface area contributed by atoms with Crippen molar-refractivity contribution in [3.63, 3.8) is 0 Å². The monoisotopic (exact) mass is 1320 g/mol. The number of benzene rings is 8. The summed E-state index contributed by atoms with van der Waals surface area (Å²) in [5.74, 6) is -1.26. The normalized spacial score (nSPS) is 25.6. The second-order valence-electron chi connectivity index (χ2n) is 24.0. The van der Waals surface area contributed by atoms with Crippen LogP contribution in [0.4, 0.5) is 0 Å². The first-order chi connectivity index (χ1) is 47.7. The van der Waals surface area contributed by atoms with E-state index in [2.05, 4.69) is 0 Å². The van der Waals surface area contributed by atoms with E-state index in [1.165, 1.54) is 21.0 Å². The molecule has 0 N–H and O–H groups in total. The second kappa shape index (κ2) is 37.2. The Morgan fingerprint density at radius 2 is 0.536 bits per heavy atom. The van der Waals surface area contributed by atoms with Crippen molar-refractivity contribution in [2.45, 2.75) is 159 Å². The largest absolute Gasteiger partial charge is 0.454 e. The standard InChI is InChI=1S/C79H86O18/c1-55(80)92-75-71(87-48-61-36-20-8-21-37-61)68(85-46-59-32-16-6-17-33-59)65(52-83-44-57-28-12-4-13-29-57)95-78(75)91-54-67-70(73(89-50-63-40-24-10-25-41-63)74(77(82-3)94-67)90-51-64-42-26-11-27-43-64)97-79-76(93-56(2)81)72(88-49-62-38-22-9-23-39-62)69(86-47-60-34-18-7-19-35-60)66(96-79)53-84-45-58-30-14-5-15-31-58/h4-43,65-79H,44-54H2,1-3H3/t65?,66?,67?,68-,69-,70-,71?,72?,73?,74?,75?,76?,77+,78+,79-/m1/s1. The molecule has 8 aromatic rings. The van der Waals surface area contributed by atoms with Gasteiger partial charge in [0.2, 0.25) is 0 Å². The molecule has 18 heteroatoms. The molecule has 9 unspecified atom stereocenters. The minimum atomic E-state index is -1.46. The zero-order valence-electron chi connectivity index (χ0n) is 54.9. The van der Waals surface area contributed by atoms with Gasteiger partial charge in [-0.25, -0.2) is 0 Å². The van der Waals surface area contributed by atoms with E-state index in [0.717, 1.165) is 44.5 Å². The van der Waals surface area contributed by atoms with Crippen LogP contribution in [-0.4, -0.2) is 131 Å². The topological polar surface area (TPSA) is 182 Å². The van der Waals surface area contributed by atoms with Gasteiger partial charge in [-0.05, 0) is 44.5 Å². The van der Waals surface area contributed by atoms with Crippen LogP contribution in [0, 0.1) is 0 Å². The van der Waals surface area contributed by atoms with Gasteiger partial charge in [-0.1, -0.05) is 243 Å². The fourth-order valence-electron chi connectivity index (χ4n) is 12.1. The van der Waals surface area contributed by atoms with E-state index in [4.69, 9.17) is 75.8 Å². The number of rotatable bonds is 34. The molecule has 0 aromatic heterocycles. The summed E-state index contributed by atoms with van der Waals surface area (Å²) >= 11 is 0. The molecular weight excluding hydrogens is 1240 g/mol. The Kier molecular flexibility index (Phi) is 27.0. The summed E-state index contributed by atoms with van der Waals surface area (Å²) in [6.07, 6.45) is -16.7. The number of carbonyl (C=O) groups excluding carboxylic acids is 2. The molecule has 3 fully saturated rings. The molecule has 11 rings (SSSR count). The fourth-order valence-corrected chi connectivity index (χ4v) is 12.1. The number of carbonyl (C=O) groups is 2. The van der Waals surface area contributed by atoms with Crippen molar-refractivity contribution in [3.8, 4) is 0 Å². The van der Waals surface area contributed by atoms with Gasteiger partial charge in [0.25, 0.3) is 0 Å². The van der Waals surface area contributed by atoms with Crippen LogP contribution in [0.15, 0.2) is 243 Å². The molecule has 0 bridgehead atoms. The van der Waals surface area contributed by atoms with Crippen molar-refractivity contribution in [2.75, 3.05) is 26.9 Å². The Labute approximate surface area is 567 Å². The predicted molar refractivity (Wildman–Crippen MR) is 357 cm³/mol. The molecule has 3 aliphatic heterocycles. The summed E-state index contributed by atoms with van der Waals surface area (Å²) < 4.78 is 110. The SMILES string of the molecule is CO[C@H]1OC(CO[C@H]2OC(COCc3ccccc3)[C@@H](OCc3ccccc3)C(OCc3ccccc3)C2OC(C)=O)[C@@H](O[C@H]2OC(COCc3ccccc3)[C@@H](OCc3ccccc3)C(OCc3ccccc3)C2OC(C)=O)C(OCc2ccccc2)C1OCc1ccccc1. The molecule has 0 radical (unpaired) electrons. The maximum absolute atomic E-state index is 13.8. The summed E-state index contributed by atoms with van der Waals surface area (Å²) in [6, 6.07) is 77.8. The van der Waals surface area contributed by atoms with Gasteiger partial charge in [-0.2, -0.15) is 0 Å². The number of esters is 2. The lowest BCUT2D eigenvalue weighted by Gasteiger charge is -2.50. The highest BCUT2D eigenvalue weighted by molar-refractivity contribution is 5.66. The van der Waals surface area contributed by atoms with Crippen LogP contribution in [0.1, 0.15) is 58.4 Å². The molecular formula is C79H86O18. The maximum Gasteiger partial charge on any atom is 0.303 e. The van der Waals surface area contributed by atoms with Crippen LogP contribution in [-0.2, 0) is 138 Å². The van der Waals surface area contributed by atoms with Crippen molar-refractivity contribution < 1.29 is 85.4 Å². The van der Waals surface area contributed by atoms with Crippen molar-refractivity contribution in [1.82, 2.24) is 0 Å². The fraction of sp³-hybridized carbons (Fsp3) is 0.367. The number of hydrogen-bond donors (Lipinski definition) is 0. The van der Waals surface area contributed by atoms with E-state index < -0.39 is 104 Å². The predicted octanol–water partition coefficient (Wildman–Crippen LogP) is 12.0. The Bertz CT molecular complexity index is 3510. The number of hydrogen-bond acceptors (Lipinski definition) is 18. The van der Waals surface area contributed by atoms with E-state index in [1.807, 2.05) is 243 Å². The highest BCUT2D eigenvalue weighted by Crippen LogP contribution is 2.38. The Morgan fingerprint density at radius 1 is 0.278 bits per heavy atom. The first kappa shape index (κ1) is 70.5. The van der Waals surface area contributed by atoms with Crippen LogP contribution >= 0.6 is 0 Å². The van der Waals surface area contributed by atoms with E-state index in [9.17, 15) is 9.59 Å². The van der Waals surface area contributed by atoms with Gasteiger partial charge in [0, 0.05) is 21.0 Å². The summed E-state index contributed by atoms with van der Waals surface area (Å²) in [5, 5.41) is 0. The van der Waals surface area contributed by atoms with Gasteiger partial charge in [0.15, 0.2) is 31.1 Å². The zero-order valence-corrected chi connectivity index (χ0v) is 54.9. The van der Waals surface area contributed by atoms with E-state index in [0.29, 0.717) is 0 Å². The Morgan fingerprint density at radius 3 is 0.856 bits per heavy atom. The maximum atomic E-state index is 13.8. The molecule has 97 heavy (non-hydrogen) atoms. The smallest absolute Gasteiger partial charge is 0.303 e. The summed E-state index contributed by atoms with van der Waals surface area (Å²) in [4.78, 5) is 27.4. The summed E-state index contributed by atoms with van der Waals surface area (Å²) in [6.45, 7) is 3.48. The van der Waals surface area contributed by atoms with E-state index >= 15 is 0 Å². The van der Waals surface area contributed by atoms with E-state index in [-0.39, 0.29) is 72.7 Å².